The molecule has 21 heavy (non-hydrogen) atoms. The van der Waals surface area contributed by atoms with E-state index in [2.05, 4.69) is 17.2 Å². The van der Waals surface area contributed by atoms with Crippen LogP contribution in [0, 0.1) is 0 Å². The second-order valence-electron chi connectivity index (χ2n) is 5.78. The number of morpholine rings is 1. The SMILES string of the molecule is CCNc1cc(C(=O)N2CC3CCC(C2)O3)cc(CC)n1. The third kappa shape index (κ3) is 3.02. The summed E-state index contributed by atoms with van der Waals surface area (Å²) in [5.41, 5.74) is 1.69. The van der Waals surface area contributed by atoms with Crippen LogP contribution in [0.2, 0.25) is 0 Å². The van der Waals surface area contributed by atoms with Gasteiger partial charge in [0.25, 0.3) is 5.91 Å². The third-order valence-corrected chi connectivity index (χ3v) is 4.18. The van der Waals surface area contributed by atoms with E-state index in [0.717, 1.165) is 56.0 Å². The van der Waals surface area contributed by atoms with Crippen molar-refractivity contribution in [2.24, 2.45) is 0 Å². The molecule has 0 spiro atoms. The van der Waals surface area contributed by atoms with Gasteiger partial charge in [-0.3, -0.25) is 4.79 Å². The van der Waals surface area contributed by atoms with E-state index in [0.29, 0.717) is 0 Å². The van der Waals surface area contributed by atoms with Gasteiger partial charge in [-0.05, 0) is 38.3 Å². The number of hydrogen-bond acceptors (Lipinski definition) is 4. The zero-order valence-electron chi connectivity index (χ0n) is 12.8. The quantitative estimate of drug-likeness (QED) is 0.922. The number of ether oxygens (including phenoxy) is 1. The molecule has 114 valence electrons. The molecule has 2 fully saturated rings. The molecular weight excluding hydrogens is 266 g/mol. The first kappa shape index (κ1) is 14.3. The third-order valence-electron chi connectivity index (χ3n) is 4.18. The number of likely N-dealkylation sites (tertiary alicyclic amines) is 1. The lowest BCUT2D eigenvalue weighted by Crippen LogP contribution is -2.45. The molecule has 0 radical (unpaired) electrons. The Morgan fingerprint density at radius 1 is 1.33 bits per heavy atom. The average Bonchev–Trinajstić information content (AvgIpc) is 2.84. The minimum absolute atomic E-state index is 0.103. The summed E-state index contributed by atoms with van der Waals surface area (Å²) in [6, 6.07) is 3.78. The second kappa shape index (κ2) is 6.02. The van der Waals surface area contributed by atoms with Gasteiger partial charge >= 0.3 is 0 Å². The molecular formula is C16H23N3O2. The molecule has 2 unspecified atom stereocenters. The lowest BCUT2D eigenvalue weighted by molar-refractivity contribution is -0.0303. The van der Waals surface area contributed by atoms with Crippen LogP contribution in [0.5, 0.6) is 0 Å². The van der Waals surface area contributed by atoms with Crippen molar-refractivity contribution in [1.29, 1.82) is 0 Å². The van der Waals surface area contributed by atoms with Crippen LogP contribution in [0.1, 0.15) is 42.7 Å². The first-order chi connectivity index (χ1) is 10.2. The minimum Gasteiger partial charge on any atom is -0.371 e. The normalized spacial score (nSPS) is 24.2. The summed E-state index contributed by atoms with van der Waals surface area (Å²) in [6.07, 6.45) is 3.44. The molecule has 2 saturated heterocycles. The maximum atomic E-state index is 12.8. The fraction of sp³-hybridized carbons (Fsp3) is 0.625. The molecule has 0 saturated carbocycles. The smallest absolute Gasteiger partial charge is 0.254 e. The Kier molecular flexibility index (Phi) is 4.10. The van der Waals surface area contributed by atoms with Crippen molar-refractivity contribution in [1.82, 2.24) is 9.88 Å². The van der Waals surface area contributed by atoms with E-state index in [1.54, 1.807) is 0 Å². The molecule has 5 heteroatoms. The van der Waals surface area contributed by atoms with Gasteiger partial charge in [-0.2, -0.15) is 0 Å². The number of carbonyl (C=O) groups is 1. The number of nitrogens with one attached hydrogen (secondary N) is 1. The Bertz CT molecular complexity index is 520. The van der Waals surface area contributed by atoms with E-state index in [4.69, 9.17) is 4.74 Å². The lowest BCUT2D eigenvalue weighted by Gasteiger charge is -2.32. The van der Waals surface area contributed by atoms with Crippen LogP contribution in [-0.4, -0.2) is 47.6 Å². The van der Waals surface area contributed by atoms with Crippen molar-refractivity contribution in [2.75, 3.05) is 25.0 Å². The summed E-state index contributed by atoms with van der Waals surface area (Å²) in [5.74, 6) is 0.892. The predicted molar refractivity (Wildman–Crippen MR) is 81.6 cm³/mol. The Balaban J connectivity index is 1.81. The van der Waals surface area contributed by atoms with Gasteiger partial charge in [-0.15, -0.1) is 0 Å². The molecule has 2 aliphatic heterocycles. The van der Waals surface area contributed by atoms with Gasteiger partial charge in [0.15, 0.2) is 0 Å². The van der Waals surface area contributed by atoms with Crippen molar-refractivity contribution < 1.29 is 9.53 Å². The van der Waals surface area contributed by atoms with Gasteiger partial charge in [0.1, 0.15) is 5.82 Å². The highest BCUT2D eigenvalue weighted by atomic mass is 16.5. The van der Waals surface area contributed by atoms with Crippen LogP contribution < -0.4 is 5.32 Å². The molecule has 1 aromatic rings. The summed E-state index contributed by atoms with van der Waals surface area (Å²) in [6.45, 7) is 6.32. The number of fused-ring (bicyclic) bond motifs is 2. The number of aryl methyl sites for hydroxylation is 1. The minimum atomic E-state index is 0.103. The number of carbonyl (C=O) groups excluding carboxylic acids is 1. The molecule has 3 heterocycles. The molecule has 0 aliphatic carbocycles. The molecule has 2 bridgehead atoms. The zero-order chi connectivity index (χ0) is 14.8. The fourth-order valence-corrected chi connectivity index (χ4v) is 3.13. The summed E-state index contributed by atoms with van der Waals surface area (Å²) in [7, 11) is 0. The molecule has 3 rings (SSSR count). The number of aromatic nitrogens is 1. The van der Waals surface area contributed by atoms with Gasteiger partial charge < -0.3 is 15.0 Å². The van der Waals surface area contributed by atoms with E-state index in [1.165, 1.54) is 0 Å². The van der Waals surface area contributed by atoms with Gasteiger partial charge in [-0.25, -0.2) is 4.98 Å². The van der Waals surface area contributed by atoms with E-state index in [-0.39, 0.29) is 18.1 Å². The monoisotopic (exact) mass is 289 g/mol. The van der Waals surface area contributed by atoms with Gasteiger partial charge in [-0.1, -0.05) is 6.92 Å². The van der Waals surface area contributed by atoms with Crippen molar-refractivity contribution in [3.8, 4) is 0 Å². The Hall–Kier alpha value is -1.62. The maximum absolute atomic E-state index is 12.8. The topological polar surface area (TPSA) is 54.5 Å². The molecule has 2 atom stereocenters. The van der Waals surface area contributed by atoms with E-state index >= 15 is 0 Å². The molecule has 0 aromatic carbocycles. The Morgan fingerprint density at radius 3 is 2.67 bits per heavy atom. The number of nitrogens with zero attached hydrogens (tertiary/aromatic N) is 2. The summed E-state index contributed by atoms with van der Waals surface area (Å²) >= 11 is 0. The van der Waals surface area contributed by atoms with E-state index in [9.17, 15) is 4.79 Å². The first-order valence-corrected chi connectivity index (χ1v) is 7.89. The average molecular weight is 289 g/mol. The van der Waals surface area contributed by atoms with Crippen LogP contribution in [0.15, 0.2) is 12.1 Å². The summed E-state index contributed by atoms with van der Waals surface area (Å²) < 4.78 is 5.80. The van der Waals surface area contributed by atoms with Crippen LogP contribution >= 0.6 is 0 Å². The Morgan fingerprint density at radius 2 is 2.05 bits per heavy atom. The van der Waals surface area contributed by atoms with Crippen molar-refractivity contribution in [2.45, 2.75) is 45.3 Å². The number of amides is 1. The lowest BCUT2D eigenvalue weighted by atomic mass is 10.1. The van der Waals surface area contributed by atoms with Gasteiger partial charge in [0.05, 0.1) is 12.2 Å². The molecule has 5 nitrogen and oxygen atoms in total. The summed E-state index contributed by atoms with van der Waals surface area (Å²) in [4.78, 5) is 19.2. The van der Waals surface area contributed by atoms with Crippen molar-refractivity contribution in [3.05, 3.63) is 23.4 Å². The van der Waals surface area contributed by atoms with Crippen LogP contribution in [-0.2, 0) is 11.2 Å². The first-order valence-electron chi connectivity index (χ1n) is 7.89. The highest BCUT2D eigenvalue weighted by Crippen LogP contribution is 2.27. The number of rotatable bonds is 4. The van der Waals surface area contributed by atoms with Gasteiger partial charge in [0, 0.05) is 30.9 Å². The van der Waals surface area contributed by atoms with Gasteiger partial charge in [0.2, 0.25) is 0 Å². The molecule has 2 aliphatic rings. The standard InChI is InChI=1S/C16H23N3O2/c1-3-12-7-11(8-15(18-12)17-4-2)16(20)19-9-13-5-6-14(10-19)21-13/h7-8,13-14H,3-6,9-10H2,1-2H3,(H,17,18). The molecule has 1 N–H and O–H groups in total. The largest absolute Gasteiger partial charge is 0.371 e. The maximum Gasteiger partial charge on any atom is 0.254 e. The number of pyridine rings is 1. The highest BCUT2D eigenvalue weighted by molar-refractivity contribution is 5.95. The number of anilines is 1. The van der Waals surface area contributed by atoms with Crippen LogP contribution in [0.3, 0.4) is 0 Å². The zero-order valence-corrected chi connectivity index (χ0v) is 12.8. The van der Waals surface area contributed by atoms with Crippen molar-refractivity contribution in [3.63, 3.8) is 0 Å². The fourth-order valence-electron chi connectivity index (χ4n) is 3.13. The van der Waals surface area contributed by atoms with Crippen LogP contribution in [0.25, 0.3) is 0 Å². The van der Waals surface area contributed by atoms with E-state index < -0.39 is 0 Å². The second-order valence-corrected chi connectivity index (χ2v) is 5.78. The predicted octanol–water partition coefficient (Wildman–Crippen LogP) is 2.08. The van der Waals surface area contributed by atoms with Crippen LogP contribution in [0.4, 0.5) is 5.82 Å². The number of hydrogen-bond donors (Lipinski definition) is 1. The molecule has 1 aromatic heterocycles. The highest BCUT2D eigenvalue weighted by Gasteiger charge is 2.36. The van der Waals surface area contributed by atoms with E-state index in [1.807, 2.05) is 24.0 Å². The molecule has 1 amide bonds. The van der Waals surface area contributed by atoms with Crippen molar-refractivity contribution >= 4 is 11.7 Å². The summed E-state index contributed by atoms with van der Waals surface area (Å²) in [5, 5.41) is 3.20. The Labute approximate surface area is 125 Å².